The summed E-state index contributed by atoms with van der Waals surface area (Å²) in [6.07, 6.45) is 7.05. The monoisotopic (exact) mass is 300 g/mol. The molecular formula is C17H24N4O. The molecule has 0 aliphatic carbocycles. The quantitative estimate of drug-likeness (QED) is 0.854. The van der Waals surface area contributed by atoms with Crippen molar-refractivity contribution in [1.29, 1.82) is 0 Å². The Kier molecular flexibility index (Phi) is 5.69. The van der Waals surface area contributed by atoms with Crippen LogP contribution in [0.5, 0.6) is 0 Å². The predicted molar refractivity (Wildman–Crippen MR) is 86.4 cm³/mol. The van der Waals surface area contributed by atoms with Crippen LogP contribution in [0.4, 0.5) is 0 Å². The van der Waals surface area contributed by atoms with Gasteiger partial charge in [0.2, 0.25) is 0 Å². The number of carbonyl (C=O) groups excluding carboxylic acids is 1. The number of pyridine rings is 1. The average molecular weight is 300 g/mol. The van der Waals surface area contributed by atoms with E-state index < -0.39 is 0 Å². The summed E-state index contributed by atoms with van der Waals surface area (Å²) in [4.78, 5) is 16.7. The maximum absolute atomic E-state index is 12.6. The molecule has 0 radical (unpaired) electrons. The third-order valence-corrected chi connectivity index (χ3v) is 3.48. The summed E-state index contributed by atoms with van der Waals surface area (Å²) < 4.78 is 1.75. The maximum Gasteiger partial charge on any atom is 0.270 e. The molecule has 0 saturated heterocycles. The number of aromatic nitrogens is 3. The van der Waals surface area contributed by atoms with Gasteiger partial charge in [-0.15, -0.1) is 0 Å². The SMILES string of the molecule is CCCn1nccc1C(=O)N[C@H](CC(C)C)c1cccnc1. The molecule has 118 valence electrons. The molecule has 1 amide bonds. The molecule has 0 aliphatic heterocycles. The second-order valence-corrected chi connectivity index (χ2v) is 5.88. The summed E-state index contributed by atoms with van der Waals surface area (Å²) in [5, 5.41) is 7.34. The lowest BCUT2D eigenvalue weighted by atomic mass is 9.98. The van der Waals surface area contributed by atoms with Crippen molar-refractivity contribution in [3.8, 4) is 0 Å². The summed E-state index contributed by atoms with van der Waals surface area (Å²) in [5.41, 5.74) is 1.64. The Hall–Kier alpha value is -2.17. The van der Waals surface area contributed by atoms with Crippen LogP contribution in [0.25, 0.3) is 0 Å². The molecule has 0 spiro atoms. The van der Waals surface area contributed by atoms with E-state index in [0.29, 0.717) is 11.6 Å². The van der Waals surface area contributed by atoms with Gasteiger partial charge in [-0.25, -0.2) is 0 Å². The second-order valence-electron chi connectivity index (χ2n) is 5.88. The van der Waals surface area contributed by atoms with Crippen LogP contribution in [-0.4, -0.2) is 20.7 Å². The lowest BCUT2D eigenvalue weighted by molar-refractivity contribution is 0.0920. The number of carbonyl (C=O) groups is 1. The van der Waals surface area contributed by atoms with Crippen molar-refractivity contribution in [3.05, 3.63) is 48.0 Å². The zero-order valence-corrected chi connectivity index (χ0v) is 13.5. The van der Waals surface area contributed by atoms with Crippen molar-refractivity contribution in [1.82, 2.24) is 20.1 Å². The van der Waals surface area contributed by atoms with Gasteiger partial charge in [-0.1, -0.05) is 26.8 Å². The smallest absolute Gasteiger partial charge is 0.270 e. The zero-order chi connectivity index (χ0) is 15.9. The van der Waals surface area contributed by atoms with Gasteiger partial charge in [0.15, 0.2) is 0 Å². The normalized spacial score (nSPS) is 12.4. The predicted octanol–water partition coefficient (Wildman–Crippen LogP) is 3.21. The molecule has 5 heteroatoms. The van der Waals surface area contributed by atoms with Gasteiger partial charge in [0.1, 0.15) is 5.69 Å². The third kappa shape index (κ3) is 4.16. The number of aryl methyl sites for hydroxylation is 1. The molecule has 1 atom stereocenters. The molecule has 0 unspecified atom stereocenters. The fourth-order valence-corrected chi connectivity index (χ4v) is 2.48. The Labute approximate surface area is 131 Å². The van der Waals surface area contributed by atoms with Gasteiger partial charge in [-0.3, -0.25) is 14.5 Å². The molecule has 0 saturated carbocycles. The Morgan fingerprint density at radius 3 is 2.77 bits per heavy atom. The van der Waals surface area contributed by atoms with E-state index in [-0.39, 0.29) is 11.9 Å². The van der Waals surface area contributed by atoms with Crippen LogP contribution in [0.15, 0.2) is 36.8 Å². The zero-order valence-electron chi connectivity index (χ0n) is 13.5. The van der Waals surface area contributed by atoms with E-state index in [9.17, 15) is 4.79 Å². The topological polar surface area (TPSA) is 59.8 Å². The minimum atomic E-state index is -0.0829. The van der Waals surface area contributed by atoms with Gasteiger partial charge in [-0.05, 0) is 36.5 Å². The summed E-state index contributed by atoms with van der Waals surface area (Å²) >= 11 is 0. The first-order valence-corrected chi connectivity index (χ1v) is 7.84. The number of hydrogen-bond donors (Lipinski definition) is 1. The molecule has 2 heterocycles. The van der Waals surface area contributed by atoms with Gasteiger partial charge >= 0.3 is 0 Å². The number of rotatable bonds is 7. The van der Waals surface area contributed by atoms with Crippen molar-refractivity contribution in [3.63, 3.8) is 0 Å². The Balaban J connectivity index is 2.16. The highest BCUT2D eigenvalue weighted by atomic mass is 16.2. The molecular weight excluding hydrogens is 276 g/mol. The van der Waals surface area contributed by atoms with Gasteiger partial charge in [0.25, 0.3) is 5.91 Å². The summed E-state index contributed by atoms with van der Waals surface area (Å²) in [6.45, 7) is 7.12. The molecule has 0 aromatic carbocycles. The maximum atomic E-state index is 12.6. The fraction of sp³-hybridized carbons (Fsp3) is 0.471. The Morgan fingerprint density at radius 2 is 2.14 bits per heavy atom. The summed E-state index contributed by atoms with van der Waals surface area (Å²) in [6, 6.07) is 5.63. The van der Waals surface area contributed by atoms with Crippen LogP contribution >= 0.6 is 0 Å². The minimum Gasteiger partial charge on any atom is -0.344 e. The average Bonchev–Trinajstić information content (AvgIpc) is 2.96. The van der Waals surface area contributed by atoms with Crippen LogP contribution in [0.1, 0.15) is 55.7 Å². The van der Waals surface area contributed by atoms with E-state index >= 15 is 0 Å². The molecule has 0 aliphatic rings. The van der Waals surface area contributed by atoms with E-state index in [1.165, 1.54) is 0 Å². The highest BCUT2D eigenvalue weighted by Crippen LogP contribution is 2.21. The molecule has 2 aromatic rings. The standard InChI is InChI=1S/C17H24N4O/c1-4-10-21-16(7-9-19-21)17(22)20-15(11-13(2)3)14-6-5-8-18-12-14/h5-9,12-13,15H,4,10-11H2,1-3H3,(H,20,22)/t15-/m1/s1. The van der Waals surface area contributed by atoms with Gasteiger partial charge in [-0.2, -0.15) is 5.10 Å². The van der Waals surface area contributed by atoms with Gasteiger partial charge < -0.3 is 5.32 Å². The van der Waals surface area contributed by atoms with E-state index in [1.54, 1.807) is 23.1 Å². The molecule has 5 nitrogen and oxygen atoms in total. The molecule has 1 N–H and O–H groups in total. The fourth-order valence-electron chi connectivity index (χ4n) is 2.48. The Morgan fingerprint density at radius 1 is 1.32 bits per heavy atom. The van der Waals surface area contributed by atoms with Crippen molar-refractivity contribution in [2.24, 2.45) is 5.92 Å². The van der Waals surface area contributed by atoms with E-state index in [0.717, 1.165) is 24.9 Å². The van der Waals surface area contributed by atoms with Crippen molar-refractivity contribution >= 4 is 5.91 Å². The largest absolute Gasteiger partial charge is 0.344 e. The molecule has 22 heavy (non-hydrogen) atoms. The van der Waals surface area contributed by atoms with Gasteiger partial charge in [0.05, 0.1) is 6.04 Å². The number of nitrogens with one attached hydrogen (secondary N) is 1. The number of amides is 1. The Bertz CT molecular complexity index is 592. The second kappa shape index (κ2) is 7.73. The first-order chi connectivity index (χ1) is 10.6. The summed E-state index contributed by atoms with van der Waals surface area (Å²) in [5.74, 6) is 0.395. The lowest BCUT2D eigenvalue weighted by Gasteiger charge is -2.21. The van der Waals surface area contributed by atoms with E-state index in [4.69, 9.17) is 0 Å². The van der Waals surface area contributed by atoms with Crippen LogP contribution in [0.2, 0.25) is 0 Å². The van der Waals surface area contributed by atoms with Crippen LogP contribution < -0.4 is 5.32 Å². The molecule has 0 fully saturated rings. The molecule has 2 rings (SSSR count). The van der Waals surface area contributed by atoms with E-state index in [2.05, 4.69) is 36.2 Å². The van der Waals surface area contributed by atoms with Crippen molar-refractivity contribution < 1.29 is 4.79 Å². The van der Waals surface area contributed by atoms with Crippen LogP contribution in [0.3, 0.4) is 0 Å². The van der Waals surface area contributed by atoms with Crippen molar-refractivity contribution in [2.75, 3.05) is 0 Å². The number of nitrogens with zero attached hydrogens (tertiary/aromatic N) is 3. The highest BCUT2D eigenvalue weighted by molar-refractivity contribution is 5.92. The summed E-state index contributed by atoms with van der Waals surface area (Å²) in [7, 11) is 0. The minimum absolute atomic E-state index is 0.0359. The van der Waals surface area contributed by atoms with Crippen molar-refractivity contribution in [2.45, 2.75) is 46.2 Å². The first-order valence-electron chi connectivity index (χ1n) is 7.84. The number of hydrogen-bond acceptors (Lipinski definition) is 3. The molecule has 2 aromatic heterocycles. The van der Waals surface area contributed by atoms with Crippen LogP contribution in [-0.2, 0) is 6.54 Å². The third-order valence-electron chi connectivity index (χ3n) is 3.48. The molecule has 0 bridgehead atoms. The lowest BCUT2D eigenvalue weighted by Crippen LogP contribution is -2.31. The first kappa shape index (κ1) is 16.2. The van der Waals surface area contributed by atoms with E-state index in [1.807, 2.05) is 18.3 Å². The highest BCUT2D eigenvalue weighted by Gasteiger charge is 2.19. The van der Waals surface area contributed by atoms with Gasteiger partial charge in [0, 0.05) is 25.1 Å². The van der Waals surface area contributed by atoms with Crippen LogP contribution in [0, 0.1) is 5.92 Å².